The van der Waals surface area contributed by atoms with Crippen LogP contribution in [0.4, 0.5) is 0 Å². The van der Waals surface area contributed by atoms with Crippen molar-refractivity contribution in [2.24, 2.45) is 0 Å². The van der Waals surface area contributed by atoms with Gasteiger partial charge in [0.1, 0.15) is 18.8 Å². The molecule has 0 radical (unpaired) electrons. The van der Waals surface area contributed by atoms with Gasteiger partial charge in [0.2, 0.25) is 0 Å². The molecule has 0 spiro atoms. The fourth-order valence-electron chi connectivity index (χ4n) is 2.47. The number of esters is 1. The molecule has 0 aliphatic carbocycles. The summed E-state index contributed by atoms with van der Waals surface area (Å²) in [5, 5.41) is 2.56. The number of aryl methyl sites for hydroxylation is 2. The normalized spacial score (nSPS) is 10.6. The molecule has 0 bridgehead atoms. The fraction of sp³-hybridized carbons (Fsp3) is 0.211. The van der Waals surface area contributed by atoms with Crippen LogP contribution in [0, 0.1) is 13.8 Å². The molecule has 0 aliphatic heterocycles. The number of fused-ring (bicyclic) bond motifs is 1. The molecule has 0 unspecified atom stereocenters. The highest BCUT2D eigenvalue weighted by Crippen LogP contribution is 2.08. The molecule has 6 heteroatoms. The van der Waals surface area contributed by atoms with Crippen LogP contribution in [-0.4, -0.2) is 27.8 Å². The Kier molecular flexibility index (Phi) is 4.79. The molecular formula is C19H19N3O3. The minimum Gasteiger partial charge on any atom is -0.458 e. The second kappa shape index (κ2) is 7.17. The lowest BCUT2D eigenvalue weighted by atomic mass is 10.1. The maximum absolute atomic E-state index is 12.0. The predicted octanol–water partition coefficient (Wildman–Crippen LogP) is 2.42. The number of aromatic nitrogens is 2. The van der Waals surface area contributed by atoms with E-state index in [2.05, 4.69) is 10.3 Å². The van der Waals surface area contributed by atoms with Gasteiger partial charge >= 0.3 is 5.97 Å². The Hall–Kier alpha value is -3.15. The molecule has 6 nitrogen and oxygen atoms in total. The van der Waals surface area contributed by atoms with E-state index in [0.29, 0.717) is 11.3 Å². The SMILES string of the molecule is Cc1cccc(C(=O)NCC(=O)OCc2cn3cc(C)ccc3n2)c1. The zero-order valence-electron chi connectivity index (χ0n) is 14.2. The summed E-state index contributed by atoms with van der Waals surface area (Å²) in [5.41, 5.74) is 4.07. The number of imidazole rings is 1. The molecule has 0 saturated heterocycles. The zero-order valence-corrected chi connectivity index (χ0v) is 14.2. The van der Waals surface area contributed by atoms with Crippen molar-refractivity contribution in [1.29, 1.82) is 0 Å². The molecule has 25 heavy (non-hydrogen) atoms. The molecule has 128 valence electrons. The van der Waals surface area contributed by atoms with Crippen LogP contribution in [0.2, 0.25) is 0 Å². The number of rotatable bonds is 5. The third-order valence-electron chi connectivity index (χ3n) is 3.70. The second-order valence-electron chi connectivity index (χ2n) is 5.92. The monoisotopic (exact) mass is 337 g/mol. The molecular weight excluding hydrogens is 318 g/mol. The van der Waals surface area contributed by atoms with E-state index in [4.69, 9.17) is 4.74 Å². The molecule has 0 saturated carbocycles. The van der Waals surface area contributed by atoms with Gasteiger partial charge in [0, 0.05) is 18.0 Å². The summed E-state index contributed by atoms with van der Waals surface area (Å²) in [6.07, 6.45) is 3.77. The standard InChI is InChI=1S/C19H19N3O3/c1-13-4-3-5-15(8-13)19(24)20-9-18(23)25-12-16-11-22-10-14(2)6-7-17(22)21-16/h3-8,10-11H,9,12H2,1-2H3,(H,20,24). The van der Waals surface area contributed by atoms with Crippen LogP contribution in [0.5, 0.6) is 0 Å². The molecule has 3 rings (SSSR count). The minimum absolute atomic E-state index is 0.0693. The molecule has 2 aromatic heterocycles. The van der Waals surface area contributed by atoms with E-state index in [-0.39, 0.29) is 19.1 Å². The van der Waals surface area contributed by atoms with Gasteiger partial charge in [-0.25, -0.2) is 4.98 Å². The molecule has 3 aromatic rings. The van der Waals surface area contributed by atoms with E-state index >= 15 is 0 Å². The maximum Gasteiger partial charge on any atom is 0.325 e. The molecule has 1 aromatic carbocycles. The number of nitrogens with one attached hydrogen (secondary N) is 1. The van der Waals surface area contributed by atoms with Crippen molar-refractivity contribution in [2.75, 3.05) is 6.54 Å². The molecule has 0 aliphatic rings. The van der Waals surface area contributed by atoms with Gasteiger partial charge in [-0.2, -0.15) is 0 Å². The molecule has 2 heterocycles. The van der Waals surface area contributed by atoms with Gasteiger partial charge in [0.05, 0.1) is 5.69 Å². The number of hydrogen-bond acceptors (Lipinski definition) is 4. The molecule has 0 atom stereocenters. The first kappa shape index (κ1) is 16.7. The maximum atomic E-state index is 12.0. The zero-order chi connectivity index (χ0) is 17.8. The smallest absolute Gasteiger partial charge is 0.325 e. The first-order chi connectivity index (χ1) is 12.0. The number of nitrogens with zero attached hydrogens (tertiary/aromatic N) is 2. The van der Waals surface area contributed by atoms with Crippen LogP contribution in [0.3, 0.4) is 0 Å². The summed E-state index contributed by atoms with van der Waals surface area (Å²) < 4.78 is 7.06. The lowest BCUT2D eigenvalue weighted by Gasteiger charge is -2.06. The average Bonchev–Trinajstić information content (AvgIpc) is 2.99. The van der Waals surface area contributed by atoms with E-state index in [1.54, 1.807) is 18.2 Å². The van der Waals surface area contributed by atoms with E-state index in [1.807, 2.05) is 48.8 Å². The van der Waals surface area contributed by atoms with Gasteiger partial charge in [-0.05, 0) is 37.6 Å². The summed E-state index contributed by atoms with van der Waals surface area (Å²) in [5.74, 6) is -0.807. The van der Waals surface area contributed by atoms with Gasteiger partial charge in [-0.1, -0.05) is 23.8 Å². The topological polar surface area (TPSA) is 72.7 Å². The van der Waals surface area contributed by atoms with Crippen LogP contribution >= 0.6 is 0 Å². The van der Waals surface area contributed by atoms with Crippen molar-refractivity contribution >= 4 is 17.5 Å². The van der Waals surface area contributed by atoms with Crippen LogP contribution in [-0.2, 0) is 16.1 Å². The van der Waals surface area contributed by atoms with Crippen LogP contribution in [0.15, 0.2) is 48.8 Å². The Balaban J connectivity index is 1.51. The lowest BCUT2D eigenvalue weighted by Crippen LogP contribution is -2.30. The number of ether oxygens (including phenoxy) is 1. The van der Waals surface area contributed by atoms with Crippen molar-refractivity contribution in [2.45, 2.75) is 20.5 Å². The summed E-state index contributed by atoms with van der Waals surface area (Å²) in [6.45, 7) is 3.79. The number of hydrogen-bond donors (Lipinski definition) is 1. The molecule has 1 amide bonds. The fourth-order valence-corrected chi connectivity index (χ4v) is 2.47. The Morgan fingerprint density at radius 3 is 2.76 bits per heavy atom. The van der Waals surface area contributed by atoms with Crippen molar-refractivity contribution < 1.29 is 14.3 Å². The van der Waals surface area contributed by atoms with E-state index in [1.165, 1.54) is 0 Å². The number of benzene rings is 1. The summed E-state index contributed by atoms with van der Waals surface area (Å²) in [7, 11) is 0. The van der Waals surface area contributed by atoms with Gasteiger partial charge in [0.25, 0.3) is 5.91 Å². The van der Waals surface area contributed by atoms with E-state index in [0.717, 1.165) is 16.8 Å². The highest BCUT2D eigenvalue weighted by Gasteiger charge is 2.10. The van der Waals surface area contributed by atoms with Crippen LogP contribution in [0.1, 0.15) is 27.2 Å². The lowest BCUT2D eigenvalue weighted by molar-refractivity contribution is -0.143. The van der Waals surface area contributed by atoms with Crippen molar-refractivity contribution in [3.8, 4) is 0 Å². The third kappa shape index (κ3) is 4.23. The molecule has 1 N–H and O–H groups in total. The third-order valence-corrected chi connectivity index (χ3v) is 3.70. The van der Waals surface area contributed by atoms with E-state index < -0.39 is 5.97 Å². The van der Waals surface area contributed by atoms with E-state index in [9.17, 15) is 9.59 Å². The van der Waals surface area contributed by atoms with Crippen molar-refractivity contribution in [1.82, 2.24) is 14.7 Å². The Labute approximate surface area is 145 Å². The van der Waals surface area contributed by atoms with Crippen molar-refractivity contribution in [3.05, 3.63) is 71.2 Å². The average molecular weight is 337 g/mol. The Bertz CT molecular complexity index is 931. The minimum atomic E-state index is -0.505. The Morgan fingerprint density at radius 2 is 1.96 bits per heavy atom. The van der Waals surface area contributed by atoms with Crippen LogP contribution < -0.4 is 5.32 Å². The highest BCUT2D eigenvalue weighted by atomic mass is 16.5. The number of carbonyl (C=O) groups excluding carboxylic acids is 2. The second-order valence-corrected chi connectivity index (χ2v) is 5.92. The first-order valence-electron chi connectivity index (χ1n) is 7.96. The largest absolute Gasteiger partial charge is 0.458 e. The highest BCUT2D eigenvalue weighted by molar-refractivity contribution is 5.96. The number of amides is 1. The summed E-state index contributed by atoms with van der Waals surface area (Å²) in [4.78, 5) is 28.2. The summed E-state index contributed by atoms with van der Waals surface area (Å²) in [6, 6.07) is 11.0. The number of carbonyl (C=O) groups is 2. The van der Waals surface area contributed by atoms with Gasteiger partial charge < -0.3 is 14.5 Å². The predicted molar refractivity (Wildman–Crippen MR) is 93.2 cm³/mol. The first-order valence-corrected chi connectivity index (χ1v) is 7.96. The quantitative estimate of drug-likeness (QED) is 0.726. The van der Waals surface area contributed by atoms with Crippen LogP contribution in [0.25, 0.3) is 5.65 Å². The van der Waals surface area contributed by atoms with Gasteiger partial charge in [-0.3, -0.25) is 9.59 Å². The Morgan fingerprint density at radius 1 is 1.12 bits per heavy atom. The molecule has 0 fully saturated rings. The van der Waals surface area contributed by atoms with Crippen molar-refractivity contribution in [3.63, 3.8) is 0 Å². The number of pyridine rings is 1. The summed E-state index contributed by atoms with van der Waals surface area (Å²) >= 11 is 0. The van der Waals surface area contributed by atoms with Gasteiger partial charge in [-0.15, -0.1) is 0 Å². The van der Waals surface area contributed by atoms with Gasteiger partial charge in [0.15, 0.2) is 0 Å².